The van der Waals surface area contributed by atoms with Gasteiger partial charge in [0.1, 0.15) is 0 Å². The molecule has 0 aliphatic rings. The molecule has 2 aromatic rings. The normalized spacial score (nSPS) is 9.95. The zero-order chi connectivity index (χ0) is 13.7. The summed E-state index contributed by atoms with van der Waals surface area (Å²) in [6, 6.07) is 7.14. The maximum Gasteiger partial charge on any atom is 0.293 e. The van der Waals surface area contributed by atoms with Crippen LogP contribution in [0.1, 0.15) is 23.1 Å². The van der Waals surface area contributed by atoms with Crippen molar-refractivity contribution in [2.45, 2.75) is 13.5 Å². The van der Waals surface area contributed by atoms with Gasteiger partial charge in [0.05, 0.1) is 0 Å². The smallest absolute Gasteiger partial charge is 0.293 e. The first-order chi connectivity index (χ1) is 9.15. The summed E-state index contributed by atoms with van der Waals surface area (Å²) in [6.07, 6.45) is 0. The lowest BCUT2D eigenvalue weighted by atomic mass is 10.2. The second-order valence-corrected chi connectivity index (χ2v) is 3.80. The molecule has 0 spiro atoms. The molecule has 98 valence electrons. The van der Waals surface area contributed by atoms with Crippen molar-refractivity contribution in [2.75, 3.05) is 5.32 Å². The van der Waals surface area contributed by atoms with Gasteiger partial charge in [-0.2, -0.15) is 5.21 Å². The van der Waals surface area contributed by atoms with Crippen molar-refractivity contribution in [3.05, 3.63) is 35.7 Å². The van der Waals surface area contributed by atoms with Gasteiger partial charge >= 0.3 is 0 Å². The van der Waals surface area contributed by atoms with E-state index < -0.39 is 5.91 Å². The van der Waals surface area contributed by atoms with Crippen molar-refractivity contribution >= 4 is 17.5 Å². The average molecular weight is 260 g/mol. The fourth-order valence-electron chi connectivity index (χ4n) is 1.43. The van der Waals surface area contributed by atoms with E-state index in [-0.39, 0.29) is 11.7 Å². The van der Waals surface area contributed by atoms with E-state index in [1.807, 2.05) is 12.1 Å². The number of aromatic nitrogens is 4. The Hall–Kier alpha value is -2.77. The number of H-pyrrole nitrogens is 1. The van der Waals surface area contributed by atoms with Gasteiger partial charge in [-0.3, -0.25) is 9.59 Å². The zero-order valence-electron chi connectivity index (χ0n) is 10.2. The number of carbonyl (C=O) groups excluding carboxylic acids is 2. The molecular formula is C11H12N6O2. The van der Waals surface area contributed by atoms with Crippen LogP contribution in [0.4, 0.5) is 5.69 Å². The Morgan fingerprint density at radius 3 is 2.58 bits per heavy atom. The lowest BCUT2D eigenvalue weighted by Gasteiger charge is -2.05. The summed E-state index contributed by atoms with van der Waals surface area (Å²) in [4.78, 5) is 22.4. The minimum Gasteiger partial charge on any atom is -0.345 e. The fraction of sp³-hybridized carbons (Fsp3) is 0.182. The van der Waals surface area contributed by atoms with Crippen LogP contribution in [0.25, 0.3) is 0 Å². The highest BCUT2D eigenvalue weighted by Crippen LogP contribution is 2.09. The van der Waals surface area contributed by atoms with Crippen LogP contribution < -0.4 is 10.6 Å². The molecule has 0 aliphatic heterocycles. The monoisotopic (exact) mass is 260 g/mol. The van der Waals surface area contributed by atoms with Crippen LogP contribution in [-0.4, -0.2) is 32.4 Å². The molecule has 1 aromatic carbocycles. The highest BCUT2D eigenvalue weighted by molar-refractivity contribution is 5.90. The van der Waals surface area contributed by atoms with Gasteiger partial charge in [0, 0.05) is 19.2 Å². The van der Waals surface area contributed by atoms with E-state index in [1.54, 1.807) is 12.1 Å². The first-order valence-electron chi connectivity index (χ1n) is 5.53. The molecule has 0 bridgehead atoms. The number of amides is 2. The molecule has 0 saturated heterocycles. The summed E-state index contributed by atoms with van der Waals surface area (Å²) in [7, 11) is 0. The van der Waals surface area contributed by atoms with Gasteiger partial charge < -0.3 is 10.6 Å². The average Bonchev–Trinajstić information content (AvgIpc) is 2.91. The number of tetrazole rings is 1. The summed E-state index contributed by atoms with van der Waals surface area (Å²) in [5, 5.41) is 18.0. The summed E-state index contributed by atoms with van der Waals surface area (Å²) < 4.78 is 0. The van der Waals surface area contributed by atoms with E-state index in [0.29, 0.717) is 12.2 Å². The summed E-state index contributed by atoms with van der Waals surface area (Å²) >= 11 is 0. The van der Waals surface area contributed by atoms with Crippen LogP contribution in [0.2, 0.25) is 0 Å². The fourth-order valence-corrected chi connectivity index (χ4v) is 1.43. The summed E-state index contributed by atoms with van der Waals surface area (Å²) in [5.74, 6) is -0.535. The number of carbonyl (C=O) groups is 2. The lowest BCUT2D eigenvalue weighted by Crippen LogP contribution is -2.24. The van der Waals surface area contributed by atoms with Crippen LogP contribution in [0.3, 0.4) is 0 Å². The third kappa shape index (κ3) is 3.60. The van der Waals surface area contributed by atoms with Crippen molar-refractivity contribution in [3.8, 4) is 0 Å². The number of anilines is 1. The largest absolute Gasteiger partial charge is 0.345 e. The maximum atomic E-state index is 11.5. The summed E-state index contributed by atoms with van der Waals surface area (Å²) in [6.45, 7) is 1.78. The molecular weight excluding hydrogens is 248 g/mol. The third-order valence-corrected chi connectivity index (χ3v) is 2.28. The number of hydrogen-bond acceptors (Lipinski definition) is 5. The number of nitrogens with one attached hydrogen (secondary N) is 3. The van der Waals surface area contributed by atoms with Gasteiger partial charge in [0.15, 0.2) is 0 Å². The standard InChI is InChI=1S/C11H12N6O2/c1-7(18)13-9-4-2-8(3-5-9)6-12-11(19)10-14-16-17-15-10/h2-5H,6H2,1H3,(H,12,19)(H,13,18)(H,14,15,16,17). The maximum absolute atomic E-state index is 11.5. The minimum atomic E-state index is -0.403. The van der Waals surface area contributed by atoms with Gasteiger partial charge in [0.25, 0.3) is 11.7 Å². The molecule has 1 aromatic heterocycles. The molecule has 8 heteroatoms. The second kappa shape index (κ2) is 5.71. The van der Waals surface area contributed by atoms with Crippen molar-refractivity contribution in [1.82, 2.24) is 25.9 Å². The number of aromatic amines is 1. The Morgan fingerprint density at radius 2 is 2.00 bits per heavy atom. The molecule has 0 aliphatic carbocycles. The van der Waals surface area contributed by atoms with Crippen molar-refractivity contribution in [3.63, 3.8) is 0 Å². The number of benzene rings is 1. The van der Waals surface area contributed by atoms with Gasteiger partial charge in [-0.25, -0.2) is 0 Å². The van der Waals surface area contributed by atoms with Crippen LogP contribution in [0, 0.1) is 0 Å². The molecule has 0 unspecified atom stereocenters. The van der Waals surface area contributed by atoms with Crippen molar-refractivity contribution in [2.24, 2.45) is 0 Å². The van der Waals surface area contributed by atoms with Crippen LogP contribution in [0.15, 0.2) is 24.3 Å². The molecule has 0 fully saturated rings. The Balaban J connectivity index is 1.89. The van der Waals surface area contributed by atoms with Gasteiger partial charge in [-0.15, -0.1) is 10.2 Å². The van der Waals surface area contributed by atoms with E-state index in [2.05, 4.69) is 31.3 Å². The topological polar surface area (TPSA) is 113 Å². The van der Waals surface area contributed by atoms with Crippen LogP contribution in [-0.2, 0) is 11.3 Å². The van der Waals surface area contributed by atoms with E-state index >= 15 is 0 Å². The second-order valence-electron chi connectivity index (χ2n) is 3.80. The van der Waals surface area contributed by atoms with Crippen molar-refractivity contribution < 1.29 is 9.59 Å². The Morgan fingerprint density at radius 1 is 1.26 bits per heavy atom. The first-order valence-corrected chi connectivity index (χ1v) is 5.53. The van der Waals surface area contributed by atoms with Gasteiger partial charge in [-0.05, 0) is 22.9 Å². The van der Waals surface area contributed by atoms with E-state index in [0.717, 1.165) is 5.56 Å². The molecule has 0 atom stereocenters. The molecule has 2 rings (SSSR count). The number of hydrogen-bond donors (Lipinski definition) is 3. The van der Waals surface area contributed by atoms with Crippen molar-refractivity contribution in [1.29, 1.82) is 0 Å². The molecule has 1 heterocycles. The highest BCUT2D eigenvalue weighted by Gasteiger charge is 2.09. The van der Waals surface area contributed by atoms with E-state index in [4.69, 9.17) is 0 Å². The van der Waals surface area contributed by atoms with E-state index in [1.165, 1.54) is 6.92 Å². The molecule has 19 heavy (non-hydrogen) atoms. The van der Waals surface area contributed by atoms with Gasteiger partial charge in [0.2, 0.25) is 5.91 Å². The van der Waals surface area contributed by atoms with Gasteiger partial charge in [-0.1, -0.05) is 12.1 Å². The number of nitrogens with zero attached hydrogens (tertiary/aromatic N) is 3. The predicted octanol–water partition coefficient (Wildman–Crippen LogP) is 0.0881. The van der Waals surface area contributed by atoms with E-state index in [9.17, 15) is 9.59 Å². The third-order valence-electron chi connectivity index (χ3n) is 2.28. The number of rotatable bonds is 4. The highest BCUT2D eigenvalue weighted by atomic mass is 16.2. The molecule has 8 nitrogen and oxygen atoms in total. The Kier molecular flexibility index (Phi) is 3.81. The predicted molar refractivity (Wildman–Crippen MR) is 66.1 cm³/mol. The molecule has 0 saturated carbocycles. The quantitative estimate of drug-likeness (QED) is 0.721. The molecule has 2 amide bonds. The summed E-state index contributed by atoms with van der Waals surface area (Å²) in [5.41, 5.74) is 1.60. The minimum absolute atomic E-state index is 0.00475. The van der Waals surface area contributed by atoms with Crippen LogP contribution >= 0.6 is 0 Å². The first kappa shape index (κ1) is 12.7. The zero-order valence-corrected chi connectivity index (χ0v) is 10.2. The van der Waals surface area contributed by atoms with Crippen LogP contribution in [0.5, 0.6) is 0 Å². The Labute approximate surface area is 108 Å². The molecule has 0 radical (unpaired) electrons. The SMILES string of the molecule is CC(=O)Nc1ccc(CNC(=O)c2nn[nH]n2)cc1. The Bertz CT molecular complexity index is 563. The molecule has 3 N–H and O–H groups in total. The lowest BCUT2D eigenvalue weighted by molar-refractivity contribution is -0.114.